The van der Waals surface area contributed by atoms with Crippen molar-refractivity contribution in [3.63, 3.8) is 0 Å². The van der Waals surface area contributed by atoms with E-state index in [4.69, 9.17) is 32.7 Å². The van der Waals surface area contributed by atoms with Gasteiger partial charge in [-0.15, -0.1) is 0 Å². The summed E-state index contributed by atoms with van der Waals surface area (Å²) >= 11 is 11.8. The summed E-state index contributed by atoms with van der Waals surface area (Å²) in [6.45, 7) is 1.76. The zero-order valence-electron chi connectivity index (χ0n) is 10.9. The first-order valence-electron chi connectivity index (χ1n) is 5.56. The van der Waals surface area contributed by atoms with Gasteiger partial charge in [-0.3, -0.25) is 0 Å². The SMILES string of the molecule is COC(OC)C(C)NC(=O)Nc1cc(Cl)ccc1Cl. The van der Waals surface area contributed by atoms with E-state index in [1.54, 1.807) is 25.1 Å². The molecule has 2 amide bonds. The molecular weight excluding hydrogens is 291 g/mol. The van der Waals surface area contributed by atoms with Crippen LogP contribution in [0.5, 0.6) is 0 Å². The molecule has 1 aromatic rings. The molecule has 7 heteroatoms. The quantitative estimate of drug-likeness (QED) is 0.822. The Kier molecular flexibility index (Phi) is 6.37. The van der Waals surface area contributed by atoms with Gasteiger partial charge in [0.2, 0.25) is 0 Å². The molecule has 1 atom stereocenters. The highest BCUT2D eigenvalue weighted by molar-refractivity contribution is 6.35. The van der Waals surface area contributed by atoms with E-state index in [1.165, 1.54) is 14.2 Å². The third-order valence-electron chi connectivity index (χ3n) is 2.41. The standard InChI is InChI=1S/C12H16Cl2N2O3/c1-7(11(18-2)19-3)15-12(17)16-10-6-8(13)4-5-9(10)14/h4-7,11H,1-3H3,(H2,15,16,17). The number of amides is 2. The van der Waals surface area contributed by atoms with E-state index in [-0.39, 0.29) is 6.04 Å². The molecule has 0 aromatic heterocycles. The molecular formula is C12H16Cl2N2O3. The molecule has 1 unspecified atom stereocenters. The summed E-state index contributed by atoms with van der Waals surface area (Å²) in [6.07, 6.45) is -0.527. The van der Waals surface area contributed by atoms with E-state index in [0.29, 0.717) is 15.7 Å². The van der Waals surface area contributed by atoms with E-state index < -0.39 is 12.3 Å². The molecule has 5 nitrogen and oxygen atoms in total. The van der Waals surface area contributed by atoms with Crippen LogP contribution in [-0.2, 0) is 9.47 Å². The number of anilines is 1. The van der Waals surface area contributed by atoms with Crippen LogP contribution in [0.15, 0.2) is 18.2 Å². The second-order valence-corrected chi connectivity index (χ2v) is 4.69. The van der Waals surface area contributed by atoms with Crippen molar-refractivity contribution in [1.82, 2.24) is 5.32 Å². The van der Waals surface area contributed by atoms with E-state index >= 15 is 0 Å². The van der Waals surface area contributed by atoms with Crippen molar-refractivity contribution >= 4 is 34.9 Å². The minimum absolute atomic E-state index is 0.326. The zero-order chi connectivity index (χ0) is 14.4. The van der Waals surface area contributed by atoms with Crippen molar-refractivity contribution in [3.8, 4) is 0 Å². The fraction of sp³-hybridized carbons (Fsp3) is 0.417. The fourth-order valence-electron chi connectivity index (χ4n) is 1.53. The highest BCUT2D eigenvalue weighted by Gasteiger charge is 2.18. The second kappa shape index (κ2) is 7.55. The lowest BCUT2D eigenvalue weighted by Crippen LogP contribution is -2.44. The summed E-state index contributed by atoms with van der Waals surface area (Å²) < 4.78 is 10.1. The van der Waals surface area contributed by atoms with Crippen molar-refractivity contribution in [1.29, 1.82) is 0 Å². The highest BCUT2D eigenvalue weighted by atomic mass is 35.5. The zero-order valence-corrected chi connectivity index (χ0v) is 12.4. The fourth-order valence-corrected chi connectivity index (χ4v) is 1.87. The van der Waals surface area contributed by atoms with E-state index in [1.807, 2.05) is 0 Å². The number of carbonyl (C=O) groups excluding carboxylic acids is 1. The topological polar surface area (TPSA) is 59.6 Å². The largest absolute Gasteiger partial charge is 0.354 e. The van der Waals surface area contributed by atoms with Crippen LogP contribution < -0.4 is 10.6 Å². The van der Waals surface area contributed by atoms with Gasteiger partial charge in [0, 0.05) is 19.2 Å². The molecule has 0 aliphatic heterocycles. The predicted octanol–water partition coefficient (Wildman–Crippen LogP) is 3.12. The number of ether oxygens (including phenoxy) is 2. The van der Waals surface area contributed by atoms with Crippen molar-refractivity contribution in [2.75, 3.05) is 19.5 Å². The van der Waals surface area contributed by atoms with Gasteiger partial charge in [0.15, 0.2) is 6.29 Å². The average molecular weight is 307 g/mol. The Bertz CT molecular complexity index is 439. The molecule has 0 saturated heterocycles. The number of urea groups is 1. The lowest BCUT2D eigenvalue weighted by molar-refractivity contribution is -0.117. The summed E-state index contributed by atoms with van der Waals surface area (Å²) in [5, 5.41) is 6.17. The number of hydrogen-bond acceptors (Lipinski definition) is 3. The molecule has 0 fully saturated rings. The molecule has 1 rings (SSSR count). The van der Waals surface area contributed by atoms with Crippen LogP contribution in [0.2, 0.25) is 10.0 Å². The second-order valence-electron chi connectivity index (χ2n) is 3.85. The summed E-state index contributed by atoms with van der Waals surface area (Å²) in [5.41, 5.74) is 0.435. The number of benzene rings is 1. The normalized spacial score (nSPS) is 12.3. The summed E-state index contributed by atoms with van der Waals surface area (Å²) in [6, 6.07) is 4.07. The van der Waals surface area contributed by atoms with E-state index in [2.05, 4.69) is 10.6 Å². The number of nitrogens with one attached hydrogen (secondary N) is 2. The lowest BCUT2D eigenvalue weighted by Gasteiger charge is -2.22. The summed E-state index contributed by atoms with van der Waals surface area (Å²) in [7, 11) is 3.00. The number of carbonyl (C=O) groups is 1. The van der Waals surface area contributed by atoms with Gasteiger partial charge in [0.1, 0.15) is 0 Å². The molecule has 1 aromatic carbocycles. The molecule has 0 bridgehead atoms. The Morgan fingerprint density at radius 1 is 1.26 bits per heavy atom. The highest BCUT2D eigenvalue weighted by Crippen LogP contribution is 2.25. The number of methoxy groups -OCH3 is 2. The molecule has 19 heavy (non-hydrogen) atoms. The van der Waals surface area contributed by atoms with Crippen LogP contribution in [0.4, 0.5) is 10.5 Å². The van der Waals surface area contributed by atoms with Gasteiger partial charge in [0.05, 0.1) is 16.8 Å². The molecule has 0 aliphatic rings. The Hall–Kier alpha value is -1.01. The predicted molar refractivity (Wildman–Crippen MR) is 75.9 cm³/mol. The van der Waals surface area contributed by atoms with E-state index in [0.717, 1.165) is 0 Å². The molecule has 0 aliphatic carbocycles. The Morgan fingerprint density at radius 2 is 1.89 bits per heavy atom. The Balaban J connectivity index is 2.62. The van der Waals surface area contributed by atoms with Gasteiger partial charge in [0.25, 0.3) is 0 Å². The molecule has 106 valence electrons. The summed E-state index contributed by atoms with van der Waals surface area (Å²) in [5.74, 6) is 0. The van der Waals surface area contributed by atoms with Gasteiger partial charge in [-0.1, -0.05) is 23.2 Å². The number of hydrogen-bond donors (Lipinski definition) is 2. The van der Waals surface area contributed by atoms with Crippen molar-refractivity contribution in [3.05, 3.63) is 28.2 Å². The van der Waals surface area contributed by atoms with Gasteiger partial charge >= 0.3 is 6.03 Å². The molecule has 0 radical (unpaired) electrons. The van der Waals surface area contributed by atoms with Crippen LogP contribution in [0.25, 0.3) is 0 Å². The smallest absolute Gasteiger partial charge is 0.319 e. The number of rotatable bonds is 5. The van der Waals surface area contributed by atoms with Crippen molar-refractivity contribution in [2.45, 2.75) is 19.3 Å². The van der Waals surface area contributed by atoms with Crippen molar-refractivity contribution in [2.24, 2.45) is 0 Å². The van der Waals surface area contributed by atoms with Crippen LogP contribution in [-0.4, -0.2) is 32.6 Å². The first-order chi connectivity index (χ1) is 8.97. The van der Waals surface area contributed by atoms with Gasteiger partial charge in [-0.25, -0.2) is 4.79 Å². The maximum absolute atomic E-state index is 11.8. The third kappa shape index (κ3) is 4.87. The lowest BCUT2D eigenvalue weighted by atomic mass is 10.3. The van der Waals surface area contributed by atoms with Crippen LogP contribution >= 0.6 is 23.2 Å². The summed E-state index contributed by atoms with van der Waals surface area (Å²) in [4.78, 5) is 11.8. The number of halogens is 2. The Labute approximate surface area is 122 Å². The molecule has 2 N–H and O–H groups in total. The molecule has 0 spiro atoms. The maximum atomic E-state index is 11.8. The van der Waals surface area contributed by atoms with Crippen LogP contribution in [0.3, 0.4) is 0 Å². The molecule has 0 heterocycles. The first kappa shape index (κ1) is 16.0. The van der Waals surface area contributed by atoms with Gasteiger partial charge in [-0.2, -0.15) is 0 Å². The van der Waals surface area contributed by atoms with Gasteiger partial charge < -0.3 is 20.1 Å². The third-order valence-corrected chi connectivity index (χ3v) is 2.97. The monoisotopic (exact) mass is 306 g/mol. The van der Waals surface area contributed by atoms with Crippen LogP contribution in [0, 0.1) is 0 Å². The Morgan fingerprint density at radius 3 is 2.47 bits per heavy atom. The average Bonchev–Trinajstić information content (AvgIpc) is 2.35. The van der Waals surface area contributed by atoms with Crippen LogP contribution in [0.1, 0.15) is 6.92 Å². The van der Waals surface area contributed by atoms with Crippen molar-refractivity contribution < 1.29 is 14.3 Å². The van der Waals surface area contributed by atoms with E-state index in [9.17, 15) is 4.79 Å². The minimum atomic E-state index is -0.527. The van der Waals surface area contributed by atoms with Gasteiger partial charge in [-0.05, 0) is 25.1 Å². The maximum Gasteiger partial charge on any atom is 0.319 e. The minimum Gasteiger partial charge on any atom is -0.354 e. The molecule has 0 saturated carbocycles. The first-order valence-corrected chi connectivity index (χ1v) is 6.31.